The van der Waals surface area contributed by atoms with E-state index in [0.717, 1.165) is 11.3 Å². The normalized spacial score (nSPS) is 22.9. The summed E-state index contributed by atoms with van der Waals surface area (Å²) in [6.07, 6.45) is 2.86. The van der Waals surface area contributed by atoms with Crippen LogP contribution in [0.5, 0.6) is 0 Å². The Kier molecular flexibility index (Phi) is 1.77. The molecule has 2 aromatic rings. The lowest BCUT2D eigenvalue weighted by atomic mass is 10.2. The fourth-order valence-corrected chi connectivity index (χ4v) is 2.57. The van der Waals surface area contributed by atoms with E-state index in [1.165, 1.54) is 11.1 Å². The Morgan fingerprint density at radius 2 is 2.27 bits per heavy atom. The number of rotatable bonds is 2. The minimum Gasteiger partial charge on any atom is -0.365 e. The first-order chi connectivity index (χ1) is 7.17. The molecule has 0 saturated heterocycles. The van der Waals surface area contributed by atoms with Gasteiger partial charge in [-0.25, -0.2) is 9.97 Å². The van der Waals surface area contributed by atoms with Crippen LogP contribution < -0.4 is 5.32 Å². The van der Waals surface area contributed by atoms with Gasteiger partial charge in [-0.2, -0.15) is 0 Å². The average molecular weight is 219 g/mol. The molecule has 1 saturated carbocycles. The first-order valence-electron chi connectivity index (χ1n) is 5.11. The molecule has 0 aliphatic heterocycles. The molecule has 1 fully saturated rings. The van der Waals surface area contributed by atoms with Crippen LogP contribution in [0.1, 0.15) is 20.3 Å². The molecule has 1 N–H and O–H groups in total. The fourth-order valence-electron chi connectivity index (χ4n) is 1.77. The second kappa shape index (κ2) is 2.92. The summed E-state index contributed by atoms with van der Waals surface area (Å²) in [7, 11) is 0. The van der Waals surface area contributed by atoms with E-state index < -0.39 is 0 Å². The summed E-state index contributed by atoms with van der Waals surface area (Å²) in [4.78, 5) is 8.54. The number of anilines is 1. The fraction of sp³-hybridized carbons (Fsp3) is 0.455. The van der Waals surface area contributed by atoms with Crippen molar-refractivity contribution in [2.75, 3.05) is 5.32 Å². The van der Waals surface area contributed by atoms with Gasteiger partial charge in [0.1, 0.15) is 12.1 Å². The van der Waals surface area contributed by atoms with E-state index in [4.69, 9.17) is 0 Å². The predicted molar refractivity (Wildman–Crippen MR) is 63.2 cm³/mol. The molecule has 0 radical (unpaired) electrons. The maximum Gasteiger partial charge on any atom is 0.147 e. The quantitative estimate of drug-likeness (QED) is 0.844. The van der Waals surface area contributed by atoms with Gasteiger partial charge >= 0.3 is 0 Å². The lowest BCUT2D eigenvalue weighted by Gasteiger charge is -2.07. The Hall–Kier alpha value is -1.16. The molecule has 3 rings (SSSR count). The summed E-state index contributed by atoms with van der Waals surface area (Å²) in [6.45, 7) is 4.55. The van der Waals surface area contributed by atoms with E-state index in [1.54, 1.807) is 17.7 Å². The summed E-state index contributed by atoms with van der Waals surface area (Å²) < 4.78 is 1.17. The number of nitrogens with one attached hydrogen (secondary N) is 1. The summed E-state index contributed by atoms with van der Waals surface area (Å²) in [5, 5.41) is 5.55. The standard InChI is InChI=1S/C11H13N3S/c1-11(2)5-8(11)14-10-9-7(3-4-15-9)12-6-13-10/h3-4,6,8H,5H2,1-2H3,(H,12,13,14). The van der Waals surface area contributed by atoms with Gasteiger partial charge in [0.25, 0.3) is 0 Å². The Labute approximate surface area is 92.6 Å². The summed E-state index contributed by atoms with van der Waals surface area (Å²) in [5.41, 5.74) is 1.46. The molecule has 1 unspecified atom stereocenters. The molecule has 0 amide bonds. The van der Waals surface area contributed by atoms with Gasteiger partial charge in [-0.1, -0.05) is 13.8 Å². The van der Waals surface area contributed by atoms with Gasteiger partial charge in [0.2, 0.25) is 0 Å². The average Bonchev–Trinajstić information content (AvgIpc) is 2.66. The Bertz CT molecular complexity index is 503. The van der Waals surface area contributed by atoms with E-state index in [2.05, 4.69) is 34.5 Å². The zero-order valence-electron chi connectivity index (χ0n) is 8.82. The van der Waals surface area contributed by atoms with E-state index >= 15 is 0 Å². The van der Waals surface area contributed by atoms with E-state index in [-0.39, 0.29) is 0 Å². The van der Waals surface area contributed by atoms with Crippen LogP contribution >= 0.6 is 11.3 Å². The van der Waals surface area contributed by atoms with Gasteiger partial charge in [-0.15, -0.1) is 11.3 Å². The highest BCUT2D eigenvalue weighted by atomic mass is 32.1. The van der Waals surface area contributed by atoms with Crippen LogP contribution in [-0.2, 0) is 0 Å². The molecular formula is C11H13N3S. The number of thiophene rings is 1. The molecule has 1 aliphatic carbocycles. The third-order valence-corrected chi connectivity index (χ3v) is 3.98. The number of fused-ring (bicyclic) bond motifs is 1. The summed E-state index contributed by atoms with van der Waals surface area (Å²) in [6, 6.07) is 2.60. The van der Waals surface area contributed by atoms with Gasteiger partial charge in [0, 0.05) is 6.04 Å². The first kappa shape index (κ1) is 9.09. The predicted octanol–water partition coefficient (Wildman–Crippen LogP) is 2.90. The highest BCUT2D eigenvalue weighted by molar-refractivity contribution is 7.17. The van der Waals surface area contributed by atoms with Crippen LogP contribution in [0.3, 0.4) is 0 Å². The molecule has 0 spiro atoms. The zero-order chi connectivity index (χ0) is 10.5. The van der Waals surface area contributed by atoms with Crippen molar-refractivity contribution in [3.63, 3.8) is 0 Å². The van der Waals surface area contributed by atoms with E-state index in [0.29, 0.717) is 11.5 Å². The minimum absolute atomic E-state index is 0.425. The smallest absolute Gasteiger partial charge is 0.147 e. The van der Waals surface area contributed by atoms with Crippen molar-refractivity contribution in [2.24, 2.45) is 5.41 Å². The van der Waals surface area contributed by atoms with Gasteiger partial charge in [-0.05, 0) is 23.3 Å². The first-order valence-corrected chi connectivity index (χ1v) is 5.99. The van der Waals surface area contributed by atoms with Crippen LogP contribution in [0, 0.1) is 5.41 Å². The van der Waals surface area contributed by atoms with Crippen LogP contribution in [0.15, 0.2) is 17.8 Å². The summed E-state index contributed by atoms with van der Waals surface area (Å²) >= 11 is 1.70. The third kappa shape index (κ3) is 1.49. The Morgan fingerprint density at radius 1 is 1.47 bits per heavy atom. The third-order valence-electron chi connectivity index (χ3n) is 3.07. The van der Waals surface area contributed by atoms with Gasteiger partial charge in [0.15, 0.2) is 0 Å². The Morgan fingerprint density at radius 3 is 3.00 bits per heavy atom. The highest BCUT2D eigenvalue weighted by Gasteiger charge is 2.46. The molecule has 4 heteroatoms. The monoisotopic (exact) mass is 219 g/mol. The van der Waals surface area contributed by atoms with Gasteiger partial charge in [0.05, 0.1) is 10.2 Å². The van der Waals surface area contributed by atoms with Crippen molar-refractivity contribution in [1.82, 2.24) is 9.97 Å². The molecule has 2 aromatic heterocycles. The lowest BCUT2D eigenvalue weighted by Crippen LogP contribution is -2.09. The summed E-state index contributed by atoms with van der Waals surface area (Å²) in [5.74, 6) is 0.991. The molecular weight excluding hydrogens is 206 g/mol. The topological polar surface area (TPSA) is 37.8 Å². The van der Waals surface area contributed by atoms with Crippen molar-refractivity contribution >= 4 is 27.4 Å². The largest absolute Gasteiger partial charge is 0.365 e. The lowest BCUT2D eigenvalue weighted by molar-refractivity contribution is 0.630. The van der Waals surface area contributed by atoms with Crippen LogP contribution in [0.25, 0.3) is 10.2 Å². The number of aromatic nitrogens is 2. The molecule has 2 heterocycles. The molecule has 15 heavy (non-hydrogen) atoms. The van der Waals surface area contributed by atoms with Crippen molar-refractivity contribution in [2.45, 2.75) is 26.3 Å². The van der Waals surface area contributed by atoms with Crippen molar-refractivity contribution < 1.29 is 0 Å². The molecule has 1 aliphatic rings. The molecule has 3 nitrogen and oxygen atoms in total. The van der Waals surface area contributed by atoms with E-state index in [9.17, 15) is 0 Å². The number of hydrogen-bond donors (Lipinski definition) is 1. The van der Waals surface area contributed by atoms with Crippen LogP contribution in [0.4, 0.5) is 5.82 Å². The SMILES string of the molecule is CC1(C)CC1Nc1ncnc2ccsc12. The number of nitrogens with zero attached hydrogens (tertiary/aromatic N) is 2. The van der Waals surface area contributed by atoms with Crippen molar-refractivity contribution in [3.05, 3.63) is 17.8 Å². The Balaban J connectivity index is 1.94. The van der Waals surface area contributed by atoms with E-state index in [1.807, 2.05) is 6.07 Å². The number of hydrogen-bond acceptors (Lipinski definition) is 4. The highest BCUT2D eigenvalue weighted by Crippen LogP contribution is 2.47. The zero-order valence-corrected chi connectivity index (χ0v) is 9.64. The minimum atomic E-state index is 0.425. The second-order valence-corrected chi connectivity index (χ2v) is 5.66. The van der Waals surface area contributed by atoms with Gasteiger partial charge in [-0.3, -0.25) is 0 Å². The molecule has 0 bridgehead atoms. The molecule has 78 valence electrons. The molecule has 0 aromatic carbocycles. The maximum absolute atomic E-state index is 4.31. The van der Waals surface area contributed by atoms with Crippen molar-refractivity contribution in [1.29, 1.82) is 0 Å². The second-order valence-electron chi connectivity index (χ2n) is 4.75. The van der Waals surface area contributed by atoms with Crippen LogP contribution in [-0.4, -0.2) is 16.0 Å². The van der Waals surface area contributed by atoms with Gasteiger partial charge < -0.3 is 5.32 Å². The maximum atomic E-state index is 4.31. The van der Waals surface area contributed by atoms with Crippen LogP contribution in [0.2, 0.25) is 0 Å². The van der Waals surface area contributed by atoms with Crippen molar-refractivity contribution in [3.8, 4) is 0 Å². The molecule has 1 atom stereocenters.